The first-order valence-electron chi connectivity index (χ1n) is 11.0. The number of carbonyl (C=O) groups is 1. The number of hydrogen-bond acceptors (Lipinski definition) is 6. The van der Waals surface area contributed by atoms with Gasteiger partial charge in [-0.15, -0.1) is 0 Å². The number of rotatable bonds is 15. The molecule has 0 aromatic rings. The van der Waals surface area contributed by atoms with Crippen molar-refractivity contribution in [2.45, 2.75) is 96.8 Å². The van der Waals surface area contributed by atoms with E-state index in [2.05, 4.69) is 28.8 Å². The van der Waals surface area contributed by atoms with Crippen molar-refractivity contribution in [1.82, 2.24) is 0 Å². The van der Waals surface area contributed by atoms with Crippen LogP contribution in [0.5, 0.6) is 0 Å². The molecule has 0 amide bonds. The van der Waals surface area contributed by atoms with E-state index in [0.717, 1.165) is 26.0 Å². The van der Waals surface area contributed by atoms with Crippen molar-refractivity contribution in [3.8, 4) is 0 Å². The van der Waals surface area contributed by atoms with Gasteiger partial charge in [-0.2, -0.15) is 0 Å². The first kappa shape index (κ1) is 29.8. The van der Waals surface area contributed by atoms with Gasteiger partial charge in [-0.25, -0.2) is 0 Å². The average Bonchev–Trinajstić information content (AvgIpc) is 3.24. The lowest BCUT2D eigenvalue weighted by Gasteiger charge is -1.99. The Labute approximate surface area is 177 Å². The van der Waals surface area contributed by atoms with E-state index in [1.165, 1.54) is 77.0 Å². The molecule has 1 heterocycles. The quantitative estimate of drug-likeness (QED) is 0.182. The Balaban J connectivity index is 0. The second-order valence-electron chi connectivity index (χ2n) is 6.96. The van der Waals surface area contributed by atoms with Crippen molar-refractivity contribution in [2.24, 2.45) is 4.99 Å². The van der Waals surface area contributed by atoms with Crippen molar-refractivity contribution in [1.29, 1.82) is 0 Å². The summed E-state index contributed by atoms with van der Waals surface area (Å²) in [6.45, 7) is 3.88. The minimum absolute atomic E-state index is 0.332. The van der Waals surface area contributed by atoms with Crippen molar-refractivity contribution in [3.63, 3.8) is 0 Å². The molecular weight excluding hydrogens is 373 g/mol. The van der Waals surface area contributed by atoms with E-state index in [0.29, 0.717) is 6.42 Å². The number of carboxylic acid groups (broad SMARTS) is 1. The molecule has 0 spiro atoms. The molecule has 1 aliphatic rings. The maximum absolute atomic E-state index is 10.3. The normalized spacial score (nSPS) is 12.0. The molecule has 0 bridgehead atoms. The number of ether oxygens (including phenoxy) is 1. The van der Waals surface area contributed by atoms with E-state index in [4.69, 9.17) is 20.2 Å². The molecule has 0 saturated carbocycles. The molecule has 0 atom stereocenters. The van der Waals surface area contributed by atoms with Crippen molar-refractivity contribution < 1.29 is 29.7 Å². The lowest BCUT2D eigenvalue weighted by Crippen LogP contribution is -2.07. The summed E-state index contributed by atoms with van der Waals surface area (Å²) >= 11 is 0. The highest BCUT2D eigenvalue weighted by Gasteiger charge is 1.96. The van der Waals surface area contributed by atoms with Crippen LogP contribution < -0.4 is 0 Å². The van der Waals surface area contributed by atoms with Gasteiger partial charge < -0.3 is 24.9 Å². The van der Waals surface area contributed by atoms with Crippen LogP contribution in [0, 0.1) is 0 Å². The van der Waals surface area contributed by atoms with E-state index in [1.807, 2.05) is 0 Å². The third kappa shape index (κ3) is 38.0. The summed E-state index contributed by atoms with van der Waals surface area (Å²) in [6.07, 6.45) is 22.7. The van der Waals surface area contributed by atoms with E-state index in [1.54, 1.807) is 0 Å². The zero-order chi connectivity index (χ0) is 22.0. The molecule has 0 aliphatic carbocycles. The van der Waals surface area contributed by atoms with E-state index in [-0.39, 0.29) is 0 Å². The number of hydrogen-bond donors (Lipinski definition) is 4. The van der Waals surface area contributed by atoms with E-state index >= 15 is 0 Å². The Hall–Kier alpha value is -1.38. The van der Waals surface area contributed by atoms with Crippen LogP contribution in [0.15, 0.2) is 17.1 Å². The fourth-order valence-corrected chi connectivity index (χ4v) is 2.61. The van der Waals surface area contributed by atoms with Crippen molar-refractivity contribution in [3.05, 3.63) is 12.2 Å². The van der Waals surface area contributed by atoms with Crippen LogP contribution in [0.2, 0.25) is 0 Å². The lowest BCUT2D eigenvalue weighted by atomic mass is 10.1. The summed E-state index contributed by atoms with van der Waals surface area (Å²) < 4.78 is 4.65. The second-order valence-corrected chi connectivity index (χ2v) is 6.96. The van der Waals surface area contributed by atoms with Crippen LogP contribution in [0.3, 0.4) is 0 Å². The molecule has 1 rings (SSSR count). The second kappa shape index (κ2) is 26.6. The molecule has 0 aromatic heterocycles. The Bertz CT molecular complexity index is 383. The maximum Gasteiger partial charge on any atom is 0.631 e. The fraction of sp³-hybridized carbons (Fsp3) is 0.810. The summed E-state index contributed by atoms with van der Waals surface area (Å²) in [5.74, 6) is -0.664. The summed E-state index contributed by atoms with van der Waals surface area (Å²) in [5.41, 5.74) is 0. The van der Waals surface area contributed by atoms with Crippen LogP contribution in [0.4, 0.5) is 0 Å². The Morgan fingerprint density at radius 1 is 0.931 bits per heavy atom. The van der Waals surface area contributed by atoms with Crippen LogP contribution in [-0.4, -0.2) is 53.0 Å². The van der Waals surface area contributed by atoms with Crippen molar-refractivity contribution in [2.75, 3.05) is 13.2 Å². The number of aliphatic carboxylic acids is 1. The highest BCUT2D eigenvalue weighted by Crippen LogP contribution is 2.09. The summed E-state index contributed by atoms with van der Waals surface area (Å²) in [4.78, 5) is 14.1. The zero-order valence-electron chi connectivity index (χ0n) is 18.2. The van der Waals surface area contributed by atoms with Crippen LogP contribution in [-0.2, 0) is 9.53 Å². The predicted octanol–water partition coefficient (Wildman–Crippen LogP) is 4.10. The number of carboxylic acids is 1. The molecule has 0 unspecified atom stereocenters. The van der Waals surface area contributed by atoms with Gasteiger partial charge >= 0.3 is 13.3 Å². The Kier molecular flexibility index (Phi) is 27.4. The molecule has 7 nitrogen and oxygen atoms in total. The third-order valence-electron chi connectivity index (χ3n) is 4.14. The number of allylic oxidation sites excluding steroid dienone is 2. The molecule has 8 heteroatoms. The highest BCUT2D eigenvalue weighted by atomic mass is 16.5. The van der Waals surface area contributed by atoms with E-state index in [9.17, 15) is 4.79 Å². The van der Waals surface area contributed by atoms with Gasteiger partial charge in [0, 0.05) is 6.42 Å². The fourth-order valence-electron chi connectivity index (χ4n) is 2.61. The van der Waals surface area contributed by atoms with E-state index < -0.39 is 13.3 Å². The highest BCUT2D eigenvalue weighted by molar-refractivity contribution is 6.30. The molecule has 0 aromatic carbocycles. The summed E-state index contributed by atoms with van der Waals surface area (Å²) in [7, 11) is -2.17. The largest absolute Gasteiger partial charge is 0.631 e. The minimum Gasteiger partial charge on any atom is -0.482 e. The predicted molar refractivity (Wildman–Crippen MR) is 119 cm³/mol. The molecule has 0 radical (unpaired) electrons. The van der Waals surface area contributed by atoms with Gasteiger partial charge in [-0.05, 0) is 32.1 Å². The molecular formula is C21H42BNO6. The Morgan fingerprint density at radius 2 is 1.41 bits per heavy atom. The first-order valence-corrected chi connectivity index (χ1v) is 11.0. The monoisotopic (exact) mass is 415 g/mol. The van der Waals surface area contributed by atoms with Gasteiger partial charge in [0.05, 0.1) is 6.54 Å². The van der Waals surface area contributed by atoms with Gasteiger partial charge in [0.2, 0.25) is 0 Å². The van der Waals surface area contributed by atoms with Gasteiger partial charge in [-0.1, -0.05) is 70.4 Å². The van der Waals surface area contributed by atoms with Gasteiger partial charge in [0.1, 0.15) is 6.61 Å². The van der Waals surface area contributed by atoms with Crippen LogP contribution >= 0.6 is 0 Å². The first-order chi connectivity index (χ1) is 14.0. The average molecular weight is 415 g/mol. The maximum atomic E-state index is 10.3. The topological polar surface area (TPSA) is 120 Å². The molecule has 0 fully saturated rings. The van der Waals surface area contributed by atoms with Gasteiger partial charge in [0.15, 0.2) is 6.40 Å². The Morgan fingerprint density at radius 3 is 1.79 bits per heavy atom. The molecule has 4 N–H and O–H groups in total. The lowest BCUT2D eigenvalue weighted by molar-refractivity contribution is -0.137. The van der Waals surface area contributed by atoms with Crippen LogP contribution in [0.1, 0.15) is 96.8 Å². The van der Waals surface area contributed by atoms with Gasteiger partial charge in [-0.3, -0.25) is 9.79 Å². The third-order valence-corrected chi connectivity index (χ3v) is 4.14. The zero-order valence-corrected chi connectivity index (χ0v) is 18.2. The molecule has 170 valence electrons. The molecule has 29 heavy (non-hydrogen) atoms. The standard InChI is InChI=1S/C18H34O2.C3H5NO.BH3O3/c1-2-3-4-5-6-7-8-9-10-11-12-13-14-15-16-17-18(19)20;1-2-5-3-4-1;2-1(3)4/h9-10H,2-8,11-17H2,1H3,(H,19,20);3H,1-2H2;2-4H. The SMILES string of the molecule is C1=NCCO1.CCCCCCCCC=CCCCCCCCC(=O)O.OB(O)O. The van der Waals surface area contributed by atoms with Gasteiger partial charge in [0.25, 0.3) is 0 Å². The van der Waals surface area contributed by atoms with Crippen molar-refractivity contribution >= 4 is 19.7 Å². The minimum atomic E-state index is -2.17. The summed E-state index contributed by atoms with van der Waals surface area (Å²) in [5, 5.41) is 30.0. The number of aliphatic imine (C=N–C) groups is 1. The number of nitrogens with zero attached hydrogens (tertiary/aromatic N) is 1. The number of unbranched alkanes of at least 4 members (excludes halogenated alkanes) is 11. The smallest absolute Gasteiger partial charge is 0.482 e. The molecule has 0 saturated heterocycles. The molecule has 1 aliphatic heterocycles. The summed E-state index contributed by atoms with van der Waals surface area (Å²) in [6, 6.07) is 0. The van der Waals surface area contributed by atoms with Crippen LogP contribution in [0.25, 0.3) is 0 Å².